The van der Waals surface area contributed by atoms with Crippen molar-refractivity contribution >= 4 is 37.4 Å². The molecule has 0 amide bonds. The second kappa shape index (κ2) is 7.90. The lowest BCUT2D eigenvalue weighted by molar-refractivity contribution is 0.0399. The van der Waals surface area contributed by atoms with E-state index >= 15 is 0 Å². The van der Waals surface area contributed by atoms with Gasteiger partial charge in [0.15, 0.2) is 11.8 Å². The molecule has 1 aromatic heterocycles. The topological polar surface area (TPSA) is 119 Å². The number of likely N-dealkylation sites (tertiary alicyclic amines) is 1. The number of ether oxygens (including phenoxy) is 1. The summed E-state index contributed by atoms with van der Waals surface area (Å²) >= 11 is 1.10. The maximum absolute atomic E-state index is 14.7. The van der Waals surface area contributed by atoms with E-state index < -0.39 is 17.5 Å². The van der Waals surface area contributed by atoms with Crippen LogP contribution in [0.2, 0.25) is 0 Å². The van der Waals surface area contributed by atoms with Crippen LogP contribution < -0.4 is 16.4 Å². The number of rotatable bonds is 1. The highest BCUT2D eigenvalue weighted by atomic mass is 32.1. The molecule has 5 unspecified atom stereocenters. The molecule has 182 valence electrons. The van der Waals surface area contributed by atoms with Gasteiger partial charge in [-0.05, 0) is 29.0 Å². The first-order valence-corrected chi connectivity index (χ1v) is 12.9. The van der Waals surface area contributed by atoms with Gasteiger partial charge in [0.25, 0.3) is 0 Å². The van der Waals surface area contributed by atoms with Crippen molar-refractivity contribution < 1.29 is 14.2 Å². The summed E-state index contributed by atoms with van der Waals surface area (Å²) < 4.78 is 20.6. The number of hydrogen-bond donors (Lipinski definition) is 4. The maximum atomic E-state index is 14.7. The normalized spacial score (nSPS) is 31.6. The number of halogens is 1. The average molecular weight is 513 g/mol. The third-order valence-electron chi connectivity index (χ3n) is 7.66. The summed E-state index contributed by atoms with van der Waals surface area (Å²) in [5.74, 6) is 0.403. The molecule has 0 bridgehead atoms. The third-order valence-corrected chi connectivity index (χ3v) is 9.33. The number of nitrogens with one attached hydrogen (secondary N) is 2. The van der Waals surface area contributed by atoms with Crippen molar-refractivity contribution in [1.82, 2.24) is 15.5 Å². The first-order chi connectivity index (χ1) is 16.7. The average Bonchev–Trinajstić information content (AvgIpc) is 3.51. The molecule has 5 N–H and O–H groups in total. The fourth-order valence-corrected chi connectivity index (χ4v) is 7.12. The van der Waals surface area contributed by atoms with Gasteiger partial charge in [0, 0.05) is 42.5 Å². The molecule has 0 aromatic carbocycles. The van der Waals surface area contributed by atoms with Crippen molar-refractivity contribution in [3.63, 3.8) is 0 Å². The fraction of sp³-hybridized carbons (Fsp3) is 0.417. The monoisotopic (exact) mass is 512 g/mol. The van der Waals surface area contributed by atoms with E-state index in [1.807, 2.05) is 20.0 Å². The number of hydrogen-bond acceptors (Lipinski definition) is 9. The van der Waals surface area contributed by atoms with Gasteiger partial charge >= 0.3 is 0 Å². The quantitative estimate of drug-likeness (QED) is 0.427. The lowest BCUT2D eigenvalue weighted by Gasteiger charge is -2.36. The molecule has 1 saturated heterocycles. The largest absolute Gasteiger partial charge is 0.389 e. The standard InChI is InChI=1S/C24H26FN6O2PS/c1-10-6-31(9-24(10,2)32)23-29-4-12-13-7-33-8-14(13)16(20(34)18(12)30-23)19-17-11(3-26)22(27)35-21(17)15(25)5-28-19/h4-5,10,18-19,28,32H,6-9,27,34H2,1-2H3,(H,29,30). The van der Waals surface area contributed by atoms with Crippen molar-refractivity contribution in [2.24, 2.45) is 10.9 Å². The lowest BCUT2D eigenvalue weighted by Crippen LogP contribution is -2.44. The van der Waals surface area contributed by atoms with Crippen molar-refractivity contribution in [3.05, 3.63) is 56.0 Å². The van der Waals surface area contributed by atoms with Crippen LogP contribution in [0.5, 0.6) is 0 Å². The van der Waals surface area contributed by atoms with Gasteiger partial charge in [0.1, 0.15) is 17.1 Å². The smallest absolute Gasteiger partial charge is 0.199 e. The van der Waals surface area contributed by atoms with Gasteiger partial charge in [0.2, 0.25) is 0 Å². The van der Waals surface area contributed by atoms with E-state index in [4.69, 9.17) is 15.5 Å². The van der Waals surface area contributed by atoms with E-state index in [-0.39, 0.29) is 12.0 Å². The first kappa shape index (κ1) is 22.7. The van der Waals surface area contributed by atoms with Gasteiger partial charge in [-0.15, -0.1) is 20.6 Å². The summed E-state index contributed by atoms with van der Waals surface area (Å²) in [6.45, 7) is 5.97. The van der Waals surface area contributed by atoms with Crippen LogP contribution >= 0.6 is 20.6 Å². The van der Waals surface area contributed by atoms with E-state index in [1.165, 1.54) is 6.20 Å². The molecule has 35 heavy (non-hydrogen) atoms. The van der Waals surface area contributed by atoms with Crippen LogP contribution in [0.1, 0.15) is 35.9 Å². The molecular formula is C24H26FN6O2PS. The van der Waals surface area contributed by atoms with E-state index in [9.17, 15) is 14.8 Å². The summed E-state index contributed by atoms with van der Waals surface area (Å²) in [6, 6.07) is 1.44. The molecule has 1 aliphatic carbocycles. The van der Waals surface area contributed by atoms with Crippen molar-refractivity contribution in [2.45, 2.75) is 31.5 Å². The number of thiophene rings is 1. The number of aliphatic hydroxyl groups is 1. The molecular weight excluding hydrogens is 486 g/mol. The molecule has 5 aliphatic rings. The Morgan fingerprint density at radius 1 is 1.40 bits per heavy atom. The molecule has 4 aliphatic heterocycles. The Labute approximate surface area is 208 Å². The van der Waals surface area contributed by atoms with Crippen LogP contribution in [0.25, 0.3) is 5.83 Å². The van der Waals surface area contributed by atoms with Crippen molar-refractivity contribution in [2.75, 3.05) is 32.0 Å². The Bertz CT molecular complexity index is 1350. The zero-order valence-electron chi connectivity index (χ0n) is 19.4. The lowest BCUT2D eigenvalue weighted by atomic mass is 9.79. The fourth-order valence-electron chi connectivity index (χ4n) is 5.56. The van der Waals surface area contributed by atoms with Gasteiger partial charge in [-0.3, -0.25) is 0 Å². The van der Waals surface area contributed by atoms with Crippen LogP contribution in [0, 0.1) is 17.2 Å². The highest BCUT2D eigenvalue weighted by molar-refractivity contribution is 7.22. The number of nitrogen functional groups attached to an aromatic ring is 1. The third kappa shape index (κ3) is 3.30. The Morgan fingerprint density at radius 3 is 2.89 bits per heavy atom. The van der Waals surface area contributed by atoms with Crippen LogP contribution in [0.3, 0.4) is 0 Å². The van der Waals surface area contributed by atoms with Crippen molar-refractivity contribution in [3.8, 4) is 6.07 Å². The summed E-state index contributed by atoms with van der Waals surface area (Å²) in [5.41, 5.74) is 10.3. The molecule has 11 heteroatoms. The highest BCUT2D eigenvalue weighted by Crippen LogP contribution is 2.51. The van der Waals surface area contributed by atoms with E-state index in [0.29, 0.717) is 53.3 Å². The summed E-state index contributed by atoms with van der Waals surface area (Å²) in [6.07, 6.45) is 3.33. The molecule has 8 nitrogen and oxygen atoms in total. The van der Waals surface area contributed by atoms with Crippen LogP contribution in [0.15, 0.2) is 45.0 Å². The number of nitrogens with zero attached hydrogens (tertiary/aromatic N) is 3. The molecule has 0 saturated carbocycles. The van der Waals surface area contributed by atoms with Crippen LogP contribution in [-0.4, -0.2) is 53.9 Å². The number of guanidine groups is 1. The minimum Gasteiger partial charge on any atom is -0.389 e. The van der Waals surface area contributed by atoms with E-state index in [1.54, 1.807) is 0 Å². The molecule has 1 fully saturated rings. The van der Waals surface area contributed by atoms with Gasteiger partial charge in [-0.2, -0.15) is 5.26 Å². The van der Waals surface area contributed by atoms with Gasteiger partial charge in [0.05, 0.1) is 35.3 Å². The number of fused-ring (bicyclic) bond motifs is 3. The van der Waals surface area contributed by atoms with E-state index in [0.717, 1.165) is 38.9 Å². The minimum absolute atomic E-state index is 0.114. The molecule has 0 spiro atoms. The molecule has 5 atom stereocenters. The first-order valence-electron chi connectivity index (χ1n) is 11.5. The van der Waals surface area contributed by atoms with Crippen molar-refractivity contribution in [1.29, 1.82) is 5.26 Å². The number of nitriles is 1. The highest BCUT2D eigenvalue weighted by Gasteiger charge is 2.44. The summed E-state index contributed by atoms with van der Waals surface area (Å²) in [4.78, 5) is 7.53. The summed E-state index contributed by atoms with van der Waals surface area (Å²) in [5, 5.41) is 28.3. The maximum Gasteiger partial charge on any atom is 0.199 e. The molecule has 0 radical (unpaired) electrons. The minimum atomic E-state index is -0.786. The number of aliphatic imine (C=N–C) groups is 1. The second-order valence-electron chi connectivity index (χ2n) is 9.84. The van der Waals surface area contributed by atoms with Crippen LogP contribution in [0.4, 0.5) is 9.39 Å². The predicted molar refractivity (Wildman–Crippen MR) is 137 cm³/mol. The predicted octanol–water partition coefficient (Wildman–Crippen LogP) is 2.50. The second-order valence-corrected chi connectivity index (χ2v) is 11.5. The molecule has 6 rings (SSSR count). The Kier molecular flexibility index (Phi) is 5.14. The Hall–Kier alpha value is -2.70. The Morgan fingerprint density at radius 2 is 2.17 bits per heavy atom. The van der Waals surface area contributed by atoms with E-state index in [2.05, 4.69) is 30.8 Å². The SMILES string of the molecule is CC1CN(C2=NC3C(=CN2)C2=C(COC2)C(C2NC=C(F)c4sc(N)c(C#N)c42)=C3P)CC1(C)O. The molecule has 5 heterocycles. The zero-order valence-corrected chi connectivity index (χ0v) is 21.3. The van der Waals surface area contributed by atoms with Gasteiger partial charge in [-0.1, -0.05) is 6.92 Å². The van der Waals surface area contributed by atoms with Gasteiger partial charge in [-0.25, -0.2) is 9.38 Å². The van der Waals surface area contributed by atoms with Crippen LogP contribution in [-0.2, 0) is 4.74 Å². The summed E-state index contributed by atoms with van der Waals surface area (Å²) in [7, 11) is 2.84. The number of nitrogens with two attached hydrogens (primary N) is 1. The number of anilines is 1. The Balaban J connectivity index is 1.46. The zero-order chi connectivity index (χ0) is 24.6. The van der Waals surface area contributed by atoms with Gasteiger partial charge < -0.3 is 31.1 Å². The molecule has 1 aromatic rings. The number of β-amino-alcohol motifs (C(OH)–C–C–N with tert-alkyl or cyclic N) is 1.